The molecule has 1 fully saturated rings. The van der Waals surface area contributed by atoms with E-state index in [2.05, 4.69) is 4.52 Å². The first-order valence-corrected chi connectivity index (χ1v) is 4.61. The van der Waals surface area contributed by atoms with Gasteiger partial charge in [0.25, 0.3) is 0 Å². The normalized spacial score (nSPS) is 41.6. The summed E-state index contributed by atoms with van der Waals surface area (Å²) in [4.78, 5) is 0. The van der Waals surface area contributed by atoms with Crippen molar-refractivity contribution in [2.75, 3.05) is 13.7 Å². The highest BCUT2D eigenvalue weighted by molar-refractivity contribution is 7.48. The first-order chi connectivity index (χ1) is 4.66. The molecule has 60 valence electrons. The van der Waals surface area contributed by atoms with Gasteiger partial charge in [-0.25, -0.2) is 4.57 Å². The third-order valence-corrected chi connectivity index (χ3v) is 2.87. The molecule has 0 saturated carbocycles. The first-order valence-electron chi connectivity index (χ1n) is 3.15. The molecule has 5 heteroatoms. The minimum atomic E-state index is -3.15. The largest absolute Gasteiger partial charge is 0.474 e. The summed E-state index contributed by atoms with van der Waals surface area (Å²) in [6.07, 6.45) is 0.743. The highest BCUT2D eigenvalue weighted by Crippen LogP contribution is 2.52. The summed E-state index contributed by atoms with van der Waals surface area (Å²) in [7, 11) is -1.83. The maximum Gasteiger partial charge on any atom is 0.474 e. The van der Waals surface area contributed by atoms with Crippen molar-refractivity contribution < 1.29 is 18.1 Å². The van der Waals surface area contributed by atoms with E-state index in [1.807, 2.05) is 6.92 Å². The average molecular weight is 166 g/mol. The van der Waals surface area contributed by atoms with Crippen molar-refractivity contribution >= 4 is 7.82 Å². The molecule has 0 aromatic heterocycles. The van der Waals surface area contributed by atoms with E-state index in [0.717, 1.165) is 6.42 Å². The Morgan fingerprint density at radius 3 is 2.80 bits per heavy atom. The summed E-state index contributed by atoms with van der Waals surface area (Å²) >= 11 is 0. The molecule has 0 spiro atoms. The predicted octanol–water partition coefficient (Wildman–Crippen LogP) is 1.57. The van der Waals surface area contributed by atoms with E-state index >= 15 is 0 Å². The zero-order valence-corrected chi connectivity index (χ0v) is 6.97. The summed E-state index contributed by atoms with van der Waals surface area (Å²) in [5.74, 6) is 0. The van der Waals surface area contributed by atoms with E-state index < -0.39 is 7.82 Å². The molecular weight excluding hydrogens is 155 g/mol. The highest BCUT2D eigenvalue weighted by atomic mass is 31.2. The van der Waals surface area contributed by atoms with Gasteiger partial charge in [-0.3, -0.25) is 13.6 Å². The number of rotatable bonds is 1. The molecule has 1 saturated heterocycles. The Bertz CT molecular complexity index is 158. The van der Waals surface area contributed by atoms with Crippen LogP contribution in [0.1, 0.15) is 13.3 Å². The van der Waals surface area contributed by atoms with Crippen molar-refractivity contribution in [2.45, 2.75) is 19.4 Å². The van der Waals surface area contributed by atoms with E-state index in [9.17, 15) is 4.57 Å². The van der Waals surface area contributed by atoms with Gasteiger partial charge in [0, 0.05) is 7.11 Å². The van der Waals surface area contributed by atoms with E-state index in [1.165, 1.54) is 7.11 Å². The van der Waals surface area contributed by atoms with Crippen LogP contribution in [-0.2, 0) is 18.1 Å². The fourth-order valence-electron chi connectivity index (χ4n) is 0.730. The van der Waals surface area contributed by atoms with Gasteiger partial charge in [-0.15, -0.1) is 0 Å². The molecule has 1 heterocycles. The third-order valence-electron chi connectivity index (χ3n) is 1.31. The minimum absolute atomic E-state index is 0.0282. The van der Waals surface area contributed by atoms with Crippen molar-refractivity contribution in [1.82, 2.24) is 0 Å². The van der Waals surface area contributed by atoms with Gasteiger partial charge in [-0.1, -0.05) is 0 Å². The zero-order valence-electron chi connectivity index (χ0n) is 6.07. The monoisotopic (exact) mass is 166 g/mol. The van der Waals surface area contributed by atoms with Crippen LogP contribution in [0.2, 0.25) is 0 Å². The summed E-state index contributed by atoms with van der Waals surface area (Å²) in [6, 6.07) is 0. The smallest absolute Gasteiger partial charge is 0.290 e. The van der Waals surface area contributed by atoms with Crippen LogP contribution in [0.15, 0.2) is 0 Å². The van der Waals surface area contributed by atoms with Crippen LogP contribution in [0.25, 0.3) is 0 Å². The van der Waals surface area contributed by atoms with Gasteiger partial charge in [0.05, 0.1) is 12.7 Å². The molecule has 1 rings (SSSR count). The molecule has 2 atom stereocenters. The Morgan fingerprint density at radius 2 is 2.40 bits per heavy atom. The summed E-state index contributed by atoms with van der Waals surface area (Å²) in [5.41, 5.74) is 0. The summed E-state index contributed by atoms with van der Waals surface area (Å²) in [5, 5.41) is 0. The Hall–Kier alpha value is 0.110. The second-order valence-corrected chi connectivity index (χ2v) is 3.90. The maximum atomic E-state index is 11.1. The van der Waals surface area contributed by atoms with Crippen LogP contribution in [0.3, 0.4) is 0 Å². The Morgan fingerprint density at radius 1 is 1.70 bits per heavy atom. The second-order valence-electron chi connectivity index (χ2n) is 2.17. The average Bonchev–Trinajstić information content (AvgIpc) is 1.88. The maximum absolute atomic E-state index is 11.1. The van der Waals surface area contributed by atoms with Crippen LogP contribution in [0, 0.1) is 0 Å². The van der Waals surface area contributed by atoms with Crippen LogP contribution >= 0.6 is 7.82 Å². The van der Waals surface area contributed by atoms with E-state index in [-0.39, 0.29) is 6.10 Å². The standard InChI is InChI=1S/C5H11O4P/c1-5-3-4-8-10(6,7-2)9-5/h5H,3-4H2,1-2H3/t5-,10?/m0/s1. The quantitative estimate of drug-likeness (QED) is 0.554. The fraction of sp³-hybridized carbons (Fsp3) is 1.00. The first kappa shape index (κ1) is 8.21. The van der Waals surface area contributed by atoms with E-state index in [1.54, 1.807) is 0 Å². The van der Waals surface area contributed by atoms with Gasteiger partial charge in [-0.2, -0.15) is 0 Å². The van der Waals surface area contributed by atoms with Crippen molar-refractivity contribution in [3.05, 3.63) is 0 Å². The molecule has 0 radical (unpaired) electrons. The zero-order chi connectivity index (χ0) is 7.61. The molecule has 0 aliphatic carbocycles. The van der Waals surface area contributed by atoms with Gasteiger partial charge in [-0.05, 0) is 13.3 Å². The molecule has 4 nitrogen and oxygen atoms in total. The number of phosphoric ester groups is 1. The lowest BCUT2D eigenvalue weighted by atomic mass is 10.3. The second kappa shape index (κ2) is 3.01. The molecule has 0 aromatic rings. The summed E-state index contributed by atoms with van der Waals surface area (Å²) in [6.45, 7) is 2.29. The topological polar surface area (TPSA) is 44.8 Å². The van der Waals surface area contributed by atoms with Gasteiger partial charge in [0.15, 0.2) is 0 Å². The molecule has 0 bridgehead atoms. The molecule has 0 N–H and O–H groups in total. The van der Waals surface area contributed by atoms with Crippen molar-refractivity contribution in [3.8, 4) is 0 Å². The molecular formula is C5H11O4P. The van der Waals surface area contributed by atoms with Gasteiger partial charge >= 0.3 is 7.82 Å². The molecule has 10 heavy (non-hydrogen) atoms. The number of phosphoric acid groups is 1. The predicted molar refractivity (Wildman–Crippen MR) is 35.7 cm³/mol. The highest BCUT2D eigenvalue weighted by Gasteiger charge is 2.31. The van der Waals surface area contributed by atoms with E-state index in [0.29, 0.717) is 6.61 Å². The molecule has 1 unspecified atom stereocenters. The number of hydrogen-bond acceptors (Lipinski definition) is 4. The molecule has 0 aromatic carbocycles. The van der Waals surface area contributed by atoms with Crippen LogP contribution in [-0.4, -0.2) is 19.8 Å². The summed E-state index contributed by atoms with van der Waals surface area (Å²) < 4.78 is 25.4. The minimum Gasteiger partial charge on any atom is -0.290 e. The third kappa shape index (κ3) is 1.80. The Kier molecular flexibility index (Phi) is 2.47. The van der Waals surface area contributed by atoms with Crippen molar-refractivity contribution in [2.24, 2.45) is 0 Å². The van der Waals surface area contributed by atoms with Crippen molar-refractivity contribution in [3.63, 3.8) is 0 Å². The lowest BCUT2D eigenvalue weighted by molar-refractivity contribution is 0.0466. The number of hydrogen-bond donors (Lipinski definition) is 0. The molecule has 1 aliphatic rings. The Labute approximate surface area is 60.1 Å². The van der Waals surface area contributed by atoms with Gasteiger partial charge < -0.3 is 0 Å². The lowest BCUT2D eigenvalue weighted by Crippen LogP contribution is -2.17. The van der Waals surface area contributed by atoms with Crippen LogP contribution in [0.4, 0.5) is 0 Å². The lowest BCUT2D eigenvalue weighted by Gasteiger charge is -2.25. The van der Waals surface area contributed by atoms with E-state index in [4.69, 9.17) is 9.05 Å². The van der Waals surface area contributed by atoms with Crippen molar-refractivity contribution in [1.29, 1.82) is 0 Å². The SMILES string of the molecule is COP1(=O)OCC[C@H](C)O1. The van der Waals surface area contributed by atoms with Gasteiger partial charge in [0.1, 0.15) is 0 Å². The van der Waals surface area contributed by atoms with Gasteiger partial charge in [0.2, 0.25) is 0 Å². The van der Waals surface area contributed by atoms with Crippen LogP contribution < -0.4 is 0 Å². The van der Waals surface area contributed by atoms with Crippen LogP contribution in [0.5, 0.6) is 0 Å². The molecule has 0 amide bonds. The Balaban J connectivity index is 2.54. The fourth-order valence-corrected chi connectivity index (χ4v) is 1.86. The molecule has 1 aliphatic heterocycles.